The van der Waals surface area contributed by atoms with Gasteiger partial charge in [0, 0.05) is 18.5 Å². The van der Waals surface area contributed by atoms with Gasteiger partial charge in [-0.25, -0.2) is 0 Å². The summed E-state index contributed by atoms with van der Waals surface area (Å²) in [5, 5.41) is 2.88. The molecule has 16 heavy (non-hydrogen) atoms. The van der Waals surface area contributed by atoms with Crippen LogP contribution in [-0.4, -0.2) is 18.0 Å². The van der Waals surface area contributed by atoms with Crippen LogP contribution < -0.4 is 11.1 Å². The maximum atomic E-state index is 11.8. The number of amides is 1. The summed E-state index contributed by atoms with van der Waals surface area (Å²) >= 11 is 0. The van der Waals surface area contributed by atoms with Gasteiger partial charge in [0.05, 0.1) is 11.8 Å². The number of rotatable bonds is 4. The van der Waals surface area contributed by atoms with E-state index in [1.807, 2.05) is 6.92 Å². The molecule has 4 nitrogen and oxygen atoms in total. The molecule has 0 bridgehead atoms. The molecule has 1 aromatic rings. The second kappa shape index (κ2) is 4.29. The lowest BCUT2D eigenvalue weighted by molar-refractivity contribution is 0.0928. The van der Waals surface area contributed by atoms with Crippen molar-refractivity contribution < 1.29 is 9.21 Å². The van der Waals surface area contributed by atoms with Gasteiger partial charge in [-0.15, -0.1) is 0 Å². The number of carbonyl (C=O) groups excluding carboxylic acids is 1. The molecule has 4 heteroatoms. The minimum atomic E-state index is -0.175. The van der Waals surface area contributed by atoms with E-state index in [1.165, 1.54) is 0 Å². The van der Waals surface area contributed by atoms with Crippen LogP contribution in [0.25, 0.3) is 0 Å². The largest absolute Gasteiger partial charge is 0.469 e. The summed E-state index contributed by atoms with van der Waals surface area (Å²) < 4.78 is 5.22. The van der Waals surface area contributed by atoms with Gasteiger partial charge in [-0.3, -0.25) is 4.79 Å². The minimum Gasteiger partial charge on any atom is -0.469 e. The number of nitrogens with two attached hydrogens (primary N) is 1. The Morgan fingerprint density at radius 1 is 1.62 bits per heavy atom. The van der Waals surface area contributed by atoms with E-state index < -0.39 is 0 Å². The molecule has 0 saturated heterocycles. The minimum absolute atomic E-state index is 0.0812. The van der Waals surface area contributed by atoms with E-state index in [4.69, 9.17) is 10.2 Å². The Morgan fingerprint density at radius 2 is 2.38 bits per heavy atom. The van der Waals surface area contributed by atoms with Gasteiger partial charge in [0.2, 0.25) is 0 Å². The Labute approximate surface area is 95.2 Å². The van der Waals surface area contributed by atoms with Crippen LogP contribution >= 0.6 is 0 Å². The quantitative estimate of drug-likeness (QED) is 0.810. The van der Waals surface area contributed by atoms with Crippen molar-refractivity contribution in [2.24, 2.45) is 5.73 Å². The summed E-state index contributed by atoms with van der Waals surface area (Å²) in [6, 6.07) is 1.71. The maximum Gasteiger partial charge on any atom is 0.254 e. The first-order valence-electron chi connectivity index (χ1n) is 5.78. The van der Waals surface area contributed by atoms with Gasteiger partial charge in [-0.2, -0.15) is 0 Å². The lowest BCUT2D eigenvalue weighted by Gasteiger charge is -2.38. The van der Waals surface area contributed by atoms with Crippen molar-refractivity contribution in [3.8, 4) is 0 Å². The Bertz CT molecular complexity index is 380. The molecule has 3 N–H and O–H groups in total. The van der Waals surface area contributed by atoms with Crippen LogP contribution in [0.15, 0.2) is 16.7 Å². The summed E-state index contributed by atoms with van der Waals surface area (Å²) in [7, 11) is 0. The second-order valence-corrected chi connectivity index (χ2v) is 4.51. The van der Waals surface area contributed by atoms with Crippen LogP contribution in [0, 0.1) is 0 Å². The van der Waals surface area contributed by atoms with Gasteiger partial charge in [0.15, 0.2) is 0 Å². The zero-order valence-corrected chi connectivity index (χ0v) is 9.58. The van der Waals surface area contributed by atoms with Crippen molar-refractivity contribution in [2.45, 2.75) is 38.1 Å². The fourth-order valence-corrected chi connectivity index (χ4v) is 1.98. The summed E-state index contributed by atoms with van der Waals surface area (Å²) in [4.78, 5) is 11.8. The lowest BCUT2D eigenvalue weighted by Crippen LogP contribution is -2.54. The molecule has 1 aliphatic rings. The van der Waals surface area contributed by atoms with Crippen molar-refractivity contribution in [1.29, 1.82) is 0 Å². The van der Waals surface area contributed by atoms with Crippen LogP contribution in [0.2, 0.25) is 0 Å². The molecule has 0 aromatic carbocycles. The van der Waals surface area contributed by atoms with E-state index in [1.54, 1.807) is 12.3 Å². The summed E-state index contributed by atoms with van der Waals surface area (Å²) in [5.41, 5.74) is 6.49. The highest BCUT2D eigenvalue weighted by Crippen LogP contribution is 2.28. The normalized spacial score (nSPS) is 17.9. The molecule has 1 aromatic heterocycles. The van der Waals surface area contributed by atoms with Crippen molar-refractivity contribution >= 4 is 5.91 Å². The molecule has 1 saturated carbocycles. The number of hydrogen-bond acceptors (Lipinski definition) is 3. The first-order chi connectivity index (χ1) is 7.64. The molecule has 1 fully saturated rings. The van der Waals surface area contributed by atoms with Crippen LogP contribution in [-0.2, 0) is 6.42 Å². The predicted octanol–water partition coefficient (Wildman–Crippen LogP) is 1.45. The summed E-state index contributed by atoms with van der Waals surface area (Å²) in [5.74, 6) is 0.652. The van der Waals surface area contributed by atoms with E-state index in [9.17, 15) is 4.79 Å². The predicted molar refractivity (Wildman–Crippen MR) is 61.2 cm³/mol. The Kier molecular flexibility index (Phi) is 3.01. The standard InChI is InChI=1S/C12H18N2O2/c1-2-10-9(4-7-16-10)11(15)14-8-12(13)5-3-6-12/h4,7H,2-3,5-6,8,13H2,1H3,(H,14,15). The van der Waals surface area contributed by atoms with E-state index in [-0.39, 0.29) is 11.4 Å². The average molecular weight is 222 g/mol. The zero-order chi connectivity index (χ0) is 11.6. The topological polar surface area (TPSA) is 68.3 Å². The van der Waals surface area contributed by atoms with Gasteiger partial charge in [-0.05, 0) is 25.3 Å². The molecule has 0 radical (unpaired) electrons. The first-order valence-corrected chi connectivity index (χ1v) is 5.78. The molecular formula is C12H18N2O2. The van der Waals surface area contributed by atoms with Crippen molar-refractivity contribution in [3.05, 3.63) is 23.7 Å². The maximum absolute atomic E-state index is 11.8. The van der Waals surface area contributed by atoms with Gasteiger partial charge in [0.25, 0.3) is 5.91 Å². The molecule has 88 valence electrons. The molecular weight excluding hydrogens is 204 g/mol. The third kappa shape index (κ3) is 2.11. The van der Waals surface area contributed by atoms with E-state index in [2.05, 4.69) is 5.32 Å². The van der Waals surface area contributed by atoms with Gasteiger partial charge in [-0.1, -0.05) is 6.92 Å². The fraction of sp³-hybridized carbons (Fsp3) is 0.583. The molecule has 0 spiro atoms. The monoisotopic (exact) mass is 222 g/mol. The number of nitrogens with one attached hydrogen (secondary N) is 1. The highest BCUT2D eigenvalue weighted by Gasteiger charge is 2.32. The third-order valence-corrected chi connectivity index (χ3v) is 3.26. The van der Waals surface area contributed by atoms with E-state index in [0.717, 1.165) is 31.4 Å². The molecule has 0 aliphatic heterocycles. The first kappa shape index (κ1) is 11.2. The molecule has 1 amide bonds. The number of aryl methyl sites for hydroxylation is 1. The SMILES string of the molecule is CCc1occc1C(=O)NCC1(N)CCC1. The zero-order valence-electron chi connectivity index (χ0n) is 9.58. The third-order valence-electron chi connectivity index (χ3n) is 3.26. The van der Waals surface area contributed by atoms with Gasteiger partial charge >= 0.3 is 0 Å². The number of furan rings is 1. The average Bonchev–Trinajstić information content (AvgIpc) is 2.71. The fourth-order valence-electron chi connectivity index (χ4n) is 1.98. The van der Waals surface area contributed by atoms with Gasteiger partial charge < -0.3 is 15.5 Å². The molecule has 1 heterocycles. The molecule has 1 aliphatic carbocycles. The Balaban J connectivity index is 1.93. The molecule has 0 atom stereocenters. The van der Waals surface area contributed by atoms with Crippen LogP contribution in [0.1, 0.15) is 42.3 Å². The number of carbonyl (C=O) groups is 1. The smallest absolute Gasteiger partial charge is 0.254 e. The second-order valence-electron chi connectivity index (χ2n) is 4.51. The van der Waals surface area contributed by atoms with Crippen LogP contribution in [0.3, 0.4) is 0 Å². The molecule has 0 unspecified atom stereocenters. The van der Waals surface area contributed by atoms with E-state index >= 15 is 0 Å². The number of hydrogen-bond donors (Lipinski definition) is 2. The van der Waals surface area contributed by atoms with E-state index in [0.29, 0.717) is 12.1 Å². The lowest BCUT2D eigenvalue weighted by atomic mass is 9.78. The van der Waals surface area contributed by atoms with Crippen LogP contribution in [0.5, 0.6) is 0 Å². The highest BCUT2D eigenvalue weighted by molar-refractivity contribution is 5.95. The Morgan fingerprint density at radius 3 is 2.94 bits per heavy atom. The Hall–Kier alpha value is -1.29. The van der Waals surface area contributed by atoms with Crippen molar-refractivity contribution in [1.82, 2.24) is 5.32 Å². The summed E-state index contributed by atoms with van der Waals surface area (Å²) in [6.07, 6.45) is 5.44. The summed E-state index contributed by atoms with van der Waals surface area (Å²) in [6.45, 7) is 2.52. The van der Waals surface area contributed by atoms with Crippen LogP contribution in [0.4, 0.5) is 0 Å². The van der Waals surface area contributed by atoms with Gasteiger partial charge in [0.1, 0.15) is 5.76 Å². The van der Waals surface area contributed by atoms with Crippen molar-refractivity contribution in [3.63, 3.8) is 0 Å². The molecule has 2 rings (SSSR count). The highest BCUT2D eigenvalue weighted by atomic mass is 16.3. The van der Waals surface area contributed by atoms with Crippen molar-refractivity contribution in [2.75, 3.05) is 6.54 Å².